The van der Waals surface area contributed by atoms with Gasteiger partial charge in [0.25, 0.3) is 0 Å². The molecule has 1 aromatic carbocycles. The smallest absolute Gasteiger partial charge is 0.341 e. The first-order valence-electron chi connectivity index (χ1n) is 9.33. The van der Waals surface area contributed by atoms with Gasteiger partial charge in [0.15, 0.2) is 0 Å². The van der Waals surface area contributed by atoms with Crippen LogP contribution >= 0.6 is 0 Å². The minimum absolute atomic E-state index is 0.0354. The van der Waals surface area contributed by atoms with Crippen LogP contribution in [-0.2, 0) is 26.0 Å². The first-order valence-corrected chi connectivity index (χ1v) is 10.8. The minimum atomic E-state index is -4.10. The van der Waals surface area contributed by atoms with Gasteiger partial charge in [-0.05, 0) is 44.9 Å². The van der Waals surface area contributed by atoms with E-state index >= 15 is 0 Å². The maximum absolute atomic E-state index is 13.1. The minimum Gasteiger partial charge on any atom is -0.462 e. The maximum Gasteiger partial charge on any atom is 0.341 e. The Kier molecular flexibility index (Phi) is 7.21. The van der Waals surface area contributed by atoms with Crippen LogP contribution in [0, 0.1) is 13.8 Å². The number of H-pyrrole nitrogens is 1. The third kappa shape index (κ3) is 5.04. The van der Waals surface area contributed by atoms with E-state index in [9.17, 15) is 18.0 Å². The second-order valence-corrected chi connectivity index (χ2v) is 8.64. The predicted molar refractivity (Wildman–Crippen MR) is 110 cm³/mol. The average Bonchev–Trinajstić information content (AvgIpc) is 2.97. The van der Waals surface area contributed by atoms with Crippen molar-refractivity contribution in [1.82, 2.24) is 9.29 Å². The van der Waals surface area contributed by atoms with Crippen molar-refractivity contribution in [1.29, 1.82) is 0 Å². The van der Waals surface area contributed by atoms with Crippen molar-refractivity contribution in [3.63, 3.8) is 0 Å². The van der Waals surface area contributed by atoms with Crippen molar-refractivity contribution in [3.05, 3.63) is 46.8 Å². The molecule has 8 nitrogen and oxygen atoms in total. The monoisotopic (exact) mass is 421 g/mol. The summed E-state index contributed by atoms with van der Waals surface area (Å²) in [5.41, 5.74) is 2.39. The van der Waals surface area contributed by atoms with Gasteiger partial charge in [-0.25, -0.2) is 13.2 Å². The van der Waals surface area contributed by atoms with Crippen LogP contribution in [0.25, 0.3) is 0 Å². The molecule has 0 saturated carbocycles. The highest BCUT2D eigenvalue weighted by Crippen LogP contribution is 2.27. The lowest BCUT2D eigenvalue weighted by Crippen LogP contribution is -2.35. The molecule has 158 valence electrons. The van der Waals surface area contributed by atoms with Crippen LogP contribution in [0.1, 0.15) is 41.2 Å². The molecule has 1 amide bonds. The Hall–Kier alpha value is -2.65. The Morgan fingerprint density at radius 1 is 1.10 bits per heavy atom. The number of nitrogens with one attached hydrogen (secondary N) is 2. The normalized spacial score (nSPS) is 11.5. The number of nitrogens with zero attached hydrogens (tertiary/aromatic N) is 1. The largest absolute Gasteiger partial charge is 0.462 e. The van der Waals surface area contributed by atoms with Crippen LogP contribution in [0.15, 0.2) is 29.2 Å². The standard InChI is InChI=1S/C20H27N3O5S/c1-6-15-8-10-16(11-9-15)22-17(24)12-23(5)29(26,27)19-14(4)21-13(3)18(19)20(25)28-7-2/h8-11,21H,6-7,12H2,1-5H3,(H,22,24). The number of esters is 1. The van der Waals surface area contributed by atoms with Crippen LogP contribution in [-0.4, -0.2) is 49.8 Å². The van der Waals surface area contributed by atoms with Crippen LogP contribution in [0.4, 0.5) is 5.69 Å². The Morgan fingerprint density at radius 2 is 1.72 bits per heavy atom. The molecule has 2 aromatic rings. The van der Waals surface area contributed by atoms with Gasteiger partial charge >= 0.3 is 5.97 Å². The molecule has 9 heteroatoms. The molecule has 0 unspecified atom stereocenters. The van der Waals surface area contributed by atoms with Gasteiger partial charge < -0.3 is 15.0 Å². The third-order valence-corrected chi connectivity index (χ3v) is 6.45. The molecule has 0 bridgehead atoms. The summed E-state index contributed by atoms with van der Waals surface area (Å²) in [7, 11) is -2.80. The highest BCUT2D eigenvalue weighted by molar-refractivity contribution is 7.89. The van der Waals surface area contributed by atoms with Crippen molar-refractivity contribution in [2.75, 3.05) is 25.5 Å². The van der Waals surface area contributed by atoms with Crippen LogP contribution in [0.5, 0.6) is 0 Å². The van der Waals surface area contributed by atoms with Gasteiger partial charge in [0.2, 0.25) is 15.9 Å². The first kappa shape index (κ1) is 22.6. The molecule has 1 heterocycles. The van der Waals surface area contributed by atoms with E-state index in [2.05, 4.69) is 10.3 Å². The van der Waals surface area contributed by atoms with E-state index in [1.807, 2.05) is 19.1 Å². The molecule has 0 aliphatic rings. The average molecular weight is 422 g/mol. The number of aryl methyl sites for hydroxylation is 3. The number of aromatic nitrogens is 1. The quantitative estimate of drug-likeness (QED) is 0.637. The number of ether oxygens (including phenoxy) is 1. The van der Waals surface area contributed by atoms with Crippen molar-refractivity contribution in [2.45, 2.75) is 39.0 Å². The van der Waals surface area contributed by atoms with E-state index < -0.39 is 28.4 Å². The van der Waals surface area contributed by atoms with E-state index in [-0.39, 0.29) is 17.1 Å². The highest BCUT2D eigenvalue weighted by atomic mass is 32.2. The number of sulfonamides is 1. The molecule has 0 aliphatic heterocycles. The number of benzene rings is 1. The summed E-state index contributed by atoms with van der Waals surface area (Å²) >= 11 is 0. The van der Waals surface area contributed by atoms with Crippen LogP contribution < -0.4 is 5.32 Å². The topological polar surface area (TPSA) is 109 Å². The lowest BCUT2D eigenvalue weighted by molar-refractivity contribution is -0.116. The van der Waals surface area contributed by atoms with Gasteiger partial charge in [0, 0.05) is 24.1 Å². The Balaban J connectivity index is 2.22. The number of hydrogen-bond acceptors (Lipinski definition) is 5. The fourth-order valence-electron chi connectivity index (χ4n) is 3.00. The van der Waals surface area contributed by atoms with Crippen molar-refractivity contribution in [3.8, 4) is 0 Å². The summed E-state index contributed by atoms with van der Waals surface area (Å²) in [5.74, 6) is -1.20. The Labute approximate surface area is 171 Å². The first-order chi connectivity index (χ1) is 13.6. The van der Waals surface area contributed by atoms with Crippen LogP contribution in [0.2, 0.25) is 0 Å². The third-order valence-electron chi connectivity index (χ3n) is 4.48. The zero-order valence-corrected chi connectivity index (χ0v) is 18.1. The molecule has 0 spiro atoms. The van der Waals surface area contributed by atoms with Crippen molar-refractivity contribution < 1.29 is 22.7 Å². The molecule has 0 fully saturated rings. The zero-order chi connectivity index (χ0) is 21.8. The number of carbonyl (C=O) groups is 2. The highest BCUT2D eigenvalue weighted by Gasteiger charge is 2.33. The van der Waals surface area contributed by atoms with Gasteiger partial charge in [0.1, 0.15) is 10.5 Å². The number of carbonyl (C=O) groups excluding carboxylic acids is 2. The molecular weight excluding hydrogens is 394 g/mol. The zero-order valence-electron chi connectivity index (χ0n) is 17.3. The molecule has 0 atom stereocenters. The summed E-state index contributed by atoms with van der Waals surface area (Å²) in [6.07, 6.45) is 0.882. The lowest BCUT2D eigenvalue weighted by Gasteiger charge is -2.18. The second-order valence-electron chi connectivity index (χ2n) is 6.66. The summed E-state index contributed by atoms with van der Waals surface area (Å²) < 4.78 is 32.1. The van der Waals surface area contributed by atoms with E-state index in [1.165, 1.54) is 7.05 Å². The Bertz CT molecular complexity index is 994. The van der Waals surface area contributed by atoms with Gasteiger partial charge in [-0.1, -0.05) is 19.1 Å². The van der Waals surface area contributed by atoms with Gasteiger partial charge in [-0.3, -0.25) is 4.79 Å². The van der Waals surface area contributed by atoms with E-state index in [0.29, 0.717) is 17.1 Å². The fraction of sp³-hybridized carbons (Fsp3) is 0.400. The van der Waals surface area contributed by atoms with Crippen molar-refractivity contribution >= 4 is 27.6 Å². The number of likely N-dealkylation sites (N-methyl/N-ethyl adjacent to an activating group) is 1. The van der Waals surface area contributed by atoms with Gasteiger partial charge in [-0.2, -0.15) is 4.31 Å². The molecule has 0 saturated heterocycles. The van der Waals surface area contributed by atoms with E-state index in [4.69, 9.17) is 4.74 Å². The second kappa shape index (κ2) is 9.23. The van der Waals surface area contributed by atoms with E-state index in [0.717, 1.165) is 16.3 Å². The molecule has 2 N–H and O–H groups in total. The molecule has 0 radical (unpaired) electrons. The van der Waals surface area contributed by atoms with E-state index in [1.54, 1.807) is 32.9 Å². The van der Waals surface area contributed by atoms with Gasteiger partial charge in [0.05, 0.1) is 13.2 Å². The molecule has 1 aromatic heterocycles. The molecule has 2 rings (SSSR count). The number of aromatic amines is 1. The number of amides is 1. The Morgan fingerprint density at radius 3 is 2.28 bits per heavy atom. The number of anilines is 1. The fourth-order valence-corrected chi connectivity index (χ4v) is 4.53. The number of rotatable bonds is 8. The van der Waals surface area contributed by atoms with Crippen LogP contribution in [0.3, 0.4) is 0 Å². The summed E-state index contributed by atoms with van der Waals surface area (Å²) in [5, 5.41) is 2.68. The summed E-state index contributed by atoms with van der Waals surface area (Å²) in [6.45, 7) is 6.56. The summed E-state index contributed by atoms with van der Waals surface area (Å²) in [4.78, 5) is 27.3. The predicted octanol–water partition coefficient (Wildman–Crippen LogP) is 2.63. The van der Waals surface area contributed by atoms with Gasteiger partial charge in [-0.15, -0.1) is 0 Å². The SMILES string of the molecule is CCOC(=O)c1c(C)[nH]c(C)c1S(=O)(=O)N(C)CC(=O)Nc1ccc(CC)cc1. The van der Waals surface area contributed by atoms with Crippen molar-refractivity contribution in [2.24, 2.45) is 0 Å². The maximum atomic E-state index is 13.1. The summed E-state index contributed by atoms with van der Waals surface area (Å²) in [6, 6.07) is 7.33. The number of hydrogen-bond donors (Lipinski definition) is 2. The molecular formula is C20H27N3O5S. The molecule has 29 heavy (non-hydrogen) atoms. The molecule has 0 aliphatic carbocycles. The lowest BCUT2D eigenvalue weighted by atomic mass is 10.1.